The van der Waals surface area contributed by atoms with Gasteiger partial charge in [-0.25, -0.2) is 0 Å². The summed E-state index contributed by atoms with van der Waals surface area (Å²) in [5.74, 6) is 0.174. The molecule has 1 aromatic carbocycles. The standard InChI is InChI=1S/C16H24N2O/c1-16(2,3)9-14(17)8-15(19)18-10-12-6-4-5-7-13(12)11-18/h4-7,14H,8-11,17H2,1-3H3. The van der Waals surface area contributed by atoms with Gasteiger partial charge in [0.25, 0.3) is 0 Å². The molecule has 0 fully saturated rings. The van der Waals surface area contributed by atoms with Crippen LogP contribution < -0.4 is 5.73 Å². The Bertz CT molecular complexity index is 437. The highest BCUT2D eigenvalue weighted by Gasteiger charge is 2.25. The minimum atomic E-state index is -0.0452. The number of hydrogen-bond donors (Lipinski definition) is 1. The molecule has 2 N–H and O–H groups in total. The highest BCUT2D eigenvalue weighted by Crippen LogP contribution is 2.25. The largest absolute Gasteiger partial charge is 0.334 e. The second-order valence-electron chi connectivity index (χ2n) is 6.75. The van der Waals surface area contributed by atoms with Crippen molar-refractivity contribution in [3.05, 3.63) is 35.4 Å². The van der Waals surface area contributed by atoms with Gasteiger partial charge < -0.3 is 10.6 Å². The minimum absolute atomic E-state index is 0.0452. The van der Waals surface area contributed by atoms with Crippen molar-refractivity contribution >= 4 is 5.91 Å². The Kier molecular flexibility index (Phi) is 3.95. The van der Waals surface area contributed by atoms with Crippen LogP contribution in [0.4, 0.5) is 0 Å². The molecule has 104 valence electrons. The molecular formula is C16H24N2O. The molecule has 1 atom stereocenters. The normalized spacial score (nSPS) is 16.3. The van der Waals surface area contributed by atoms with E-state index < -0.39 is 0 Å². The van der Waals surface area contributed by atoms with Crippen molar-refractivity contribution in [2.75, 3.05) is 0 Å². The maximum atomic E-state index is 12.3. The third-order valence-electron chi connectivity index (χ3n) is 3.50. The first-order chi connectivity index (χ1) is 8.85. The van der Waals surface area contributed by atoms with Crippen LogP contribution in [0.15, 0.2) is 24.3 Å². The molecule has 19 heavy (non-hydrogen) atoms. The van der Waals surface area contributed by atoms with Crippen molar-refractivity contribution in [2.45, 2.75) is 52.7 Å². The lowest BCUT2D eigenvalue weighted by Crippen LogP contribution is -2.34. The Hall–Kier alpha value is -1.35. The summed E-state index contributed by atoms with van der Waals surface area (Å²) in [6.07, 6.45) is 1.32. The Balaban J connectivity index is 1.89. The molecule has 1 unspecified atom stereocenters. The van der Waals surface area contributed by atoms with Crippen molar-refractivity contribution in [3.8, 4) is 0 Å². The minimum Gasteiger partial charge on any atom is -0.334 e. The predicted octanol–water partition coefficient (Wildman–Crippen LogP) is 2.68. The molecule has 1 aromatic rings. The first kappa shape index (κ1) is 14.1. The summed E-state index contributed by atoms with van der Waals surface area (Å²) >= 11 is 0. The van der Waals surface area contributed by atoms with E-state index in [9.17, 15) is 4.79 Å². The van der Waals surface area contributed by atoms with Gasteiger partial charge in [0.15, 0.2) is 0 Å². The molecule has 0 saturated heterocycles. The van der Waals surface area contributed by atoms with Gasteiger partial charge in [0.2, 0.25) is 5.91 Å². The third-order valence-corrected chi connectivity index (χ3v) is 3.50. The second-order valence-corrected chi connectivity index (χ2v) is 6.75. The highest BCUT2D eigenvalue weighted by molar-refractivity contribution is 5.77. The first-order valence-corrected chi connectivity index (χ1v) is 6.95. The fourth-order valence-corrected chi connectivity index (χ4v) is 2.72. The van der Waals surface area contributed by atoms with Crippen molar-refractivity contribution < 1.29 is 4.79 Å². The Morgan fingerprint density at radius 1 is 1.26 bits per heavy atom. The fraction of sp³-hybridized carbons (Fsp3) is 0.562. The van der Waals surface area contributed by atoms with Crippen molar-refractivity contribution in [1.82, 2.24) is 4.90 Å². The lowest BCUT2D eigenvalue weighted by molar-refractivity contribution is -0.132. The molecule has 3 nitrogen and oxygen atoms in total. The van der Waals surface area contributed by atoms with Crippen LogP contribution in [0.5, 0.6) is 0 Å². The van der Waals surface area contributed by atoms with E-state index >= 15 is 0 Å². The van der Waals surface area contributed by atoms with E-state index in [2.05, 4.69) is 32.9 Å². The number of nitrogens with zero attached hydrogens (tertiary/aromatic N) is 1. The number of amides is 1. The van der Waals surface area contributed by atoms with E-state index in [-0.39, 0.29) is 17.4 Å². The van der Waals surface area contributed by atoms with Crippen LogP contribution in [0.1, 0.15) is 44.7 Å². The highest BCUT2D eigenvalue weighted by atomic mass is 16.2. The summed E-state index contributed by atoms with van der Waals surface area (Å²) < 4.78 is 0. The number of rotatable bonds is 3. The third kappa shape index (κ3) is 3.80. The van der Waals surface area contributed by atoms with Gasteiger partial charge in [-0.3, -0.25) is 4.79 Å². The van der Waals surface area contributed by atoms with Gasteiger partial charge in [0, 0.05) is 25.6 Å². The van der Waals surface area contributed by atoms with Crippen LogP contribution in [0, 0.1) is 5.41 Å². The van der Waals surface area contributed by atoms with Gasteiger partial charge in [0.1, 0.15) is 0 Å². The summed E-state index contributed by atoms with van der Waals surface area (Å²) in [7, 11) is 0. The zero-order valence-electron chi connectivity index (χ0n) is 12.1. The number of carbonyl (C=O) groups is 1. The summed E-state index contributed by atoms with van der Waals surface area (Å²) in [4.78, 5) is 14.2. The molecule has 0 bridgehead atoms. The average molecular weight is 260 g/mol. The zero-order valence-corrected chi connectivity index (χ0v) is 12.1. The maximum absolute atomic E-state index is 12.3. The fourth-order valence-electron chi connectivity index (χ4n) is 2.72. The second kappa shape index (κ2) is 5.33. The van der Waals surface area contributed by atoms with E-state index in [1.54, 1.807) is 0 Å². The van der Waals surface area contributed by atoms with Crippen molar-refractivity contribution in [1.29, 1.82) is 0 Å². The summed E-state index contributed by atoms with van der Waals surface area (Å²) in [5.41, 5.74) is 8.79. The lowest BCUT2D eigenvalue weighted by atomic mass is 9.87. The van der Waals surface area contributed by atoms with E-state index in [4.69, 9.17) is 5.73 Å². The molecule has 0 aromatic heterocycles. The maximum Gasteiger partial charge on any atom is 0.224 e. The van der Waals surface area contributed by atoms with E-state index in [1.165, 1.54) is 11.1 Å². The summed E-state index contributed by atoms with van der Waals surface area (Å²) in [6.45, 7) is 7.93. The monoisotopic (exact) mass is 260 g/mol. The van der Waals surface area contributed by atoms with Crippen LogP contribution in [-0.4, -0.2) is 16.8 Å². The number of hydrogen-bond acceptors (Lipinski definition) is 2. The van der Waals surface area contributed by atoms with Crippen LogP contribution >= 0.6 is 0 Å². The Labute approximate surface area is 115 Å². The first-order valence-electron chi connectivity index (χ1n) is 6.95. The topological polar surface area (TPSA) is 46.3 Å². The van der Waals surface area contributed by atoms with Gasteiger partial charge in [-0.1, -0.05) is 45.0 Å². The van der Waals surface area contributed by atoms with Gasteiger partial charge in [0.05, 0.1) is 0 Å². The zero-order chi connectivity index (χ0) is 14.0. The van der Waals surface area contributed by atoms with E-state index in [0.717, 1.165) is 19.5 Å². The number of benzene rings is 1. The van der Waals surface area contributed by atoms with Crippen molar-refractivity contribution in [3.63, 3.8) is 0 Å². The van der Waals surface area contributed by atoms with E-state index in [0.29, 0.717) is 6.42 Å². The average Bonchev–Trinajstić information content (AvgIpc) is 2.69. The molecule has 1 aliphatic heterocycles. The van der Waals surface area contributed by atoms with Gasteiger partial charge in [-0.2, -0.15) is 0 Å². The molecule has 1 heterocycles. The predicted molar refractivity (Wildman–Crippen MR) is 77.4 cm³/mol. The van der Waals surface area contributed by atoms with Crippen LogP contribution in [0.2, 0.25) is 0 Å². The molecule has 0 aliphatic carbocycles. The summed E-state index contributed by atoms with van der Waals surface area (Å²) in [6, 6.07) is 8.20. The van der Waals surface area contributed by atoms with Gasteiger partial charge in [-0.05, 0) is 23.0 Å². The van der Waals surface area contributed by atoms with Crippen LogP contribution in [-0.2, 0) is 17.9 Å². The molecule has 3 heteroatoms. The van der Waals surface area contributed by atoms with Gasteiger partial charge >= 0.3 is 0 Å². The summed E-state index contributed by atoms with van der Waals surface area (Å²) in [5, 5.41) is 0. The van der Waals surface area contributed by atoms with E-state index in [1.807, 2.05) is 17.0 Å². The molecule has 0 saturated carbocycles. The molecule has 1 amide bonds. The molecule has 0 spiro atoms. The Morgan fingerprint density at radius 3 is 2.26 bits per heavy atom. The number of nitrogens with two attached hydrogens (primary N) is 1. The Morgan fingerprint density at radius 2 is 1.79 bits per heavy atom. The molecular weight excluding hydrogens is 236 g/mol. The van der Waals surface area contributed by atoms with Crippen LogP contribution in [0.25, 0.3) is 0 Å². The number of fused-ring (bicyclic) bond motifs is 1. The van der Waals surface area contributed by atoms with Gasteiger partial charge in [-0.15, -0.1) is 0 Å². The molecule has 0 radical (unpaired) electrons. The SMILES string of the molecule is CC(C)(C)CC(N)CC(=O)N1Cc2ccccc2C1. The lowest BCUT2D eigenvalue weighted by Gasteiger charge is -2.24. The van der Waals surface area contributed by atoms with Crippen molar-refractivity contribution in [2.24, 2.45) is 11.1 Å². The van der Waals surface area contributed by atoms with Crippen LogP contribution in [0.3, 0.4) is 0 Å². The number of carbonyl (C=O) groups excluding carboxylic acids is 1. The molecule has 1 aliphatic rings. The smallest absolute Gasteiger partial charge is 0.224 e. The molecule has 2 rings (SSSR count). The quantitative estimate of drug-likeness (QED) is 0.908.